The maximum absolute atomic E-state index is 9.73. The summed E-state index contributed by atoms with van der Waals surface area (Å²) in [4.78, 5) is 8.16. The van der Waals surface area contributed by atoms with E-state index < -0.39 is 0 Å². The fourth-order valence-electron chi connectivity index (χ4n) is 1.01. The second-order valence-electron chi connectivity index (χ2n) is 4.63. The first-order chi connectivity index (χ1) is 7.47. The van der Waals surface area contributed by atoms with Crippen molar-refractivity contribution < 1.29 is 5.11 Å². The Balaban J connectivity index is 2.23. The summed E-state index contributed by atoms with van der Waals surface area (Å²) in [7, 11) is 0. The van der Waals surface area contributed by atoms with Gasteiger partial charge in [0.25, 0.3) is 0 Å². The third-order valence-corrected chi connectivity index (χ3v) is 2.84. The highest BCUT2D eigenvalue weighted by Gasteiger charge is 2.12. The van der Waals surface area contributed by atoms with Crippen LogP contribution in [0.2, 0.25) is 0 Å². The lowest BCUT2D eigenvalue weighted by Crippen LogP contribution is -2.41. The topological polar surface area (TPSA) is 58.0 Å². The predicted molar refractivity (Wildman–Crippen MR) is 66.5 cm³/mol. The molecule has 0 aromatic carbocycles. The van der Waals surface area contributed by atoms with Gasteiger partial charge in [-0.1, -0.05) is 11.8 Å². The van der Waals surface area contributed by atoms with Crippen LogP contribution in [0.3, 0.4) is 0 Å². The summed E-state index contributed by atoms with van der Waals surface area (Å²) < 4.78 is 0. The number of hydrogen-bond acceptors (Lipinski definition) is 5. The van der Waals surface area contributed by atoms with Gasteiger partial charge < -0.3 is 10.4 Å². The van der Waals surface area contributed by atoms with E-state index in [0.29, 0.717) is 17.5 Å². The third kappa shape index (κ3) is 6.05. The van der Waals surface area contributed by atoms with Gasteiger partial charge >= 0.3 is 0 Å². The zero-order valence-electron chi connectivity index (χ0n) is 9.97. The summed E-state index contributed by atoms with van der Waals surface area (Å²) in [5, 5.41) is 13.7. The number of hydrogen-bond donors (Lipinski definition) is 2. The maximum Gasteiger partial charge on any atom is 0.187 e. The number of thioether (sulfide) groups is 1. The van der Waals surface area contributed by atoms with E-state index in [9.17, 15) is 5.11 Å². The third-order valence-electron chi connectivity index (χ3n) is 1.81. The zero-order chi connectivity index (χ0) is 12.0. The van der Waals surface area contributed by atoms with Gasteiger partial charge in [0.05, 0.1) is 6.10 Å². The molecule has 1 rings (SSSR count). The largest absolute Gasteiger partial charge is 0.391 e. The highest BCUT2D eigenvalue weighted by atomic mass is 32.2. The van der Waals surface area contributed by atoms with Crippen molar-refractivity contribution in [3.05, 3.63) is 18.5 Å². The SMILES string of the molecule is CC(C)(C)NCC(O)CSc1ncccn1. The Labute approximate surface area is 101 Å². The van der Waals surface area contributed by atoms with Gasteiger partial charge in [-0.05, 0) is 26.8 Å². The monoisotopic (exact) mass is 241 g/mol. The molecule has 0 bridgehead atoms. The Bertz CT molecular complexity index is 300. The molecule has 1 aromatic heterocycles. The van der Waals surface area contributed by atoms with E-state index in [1.54, 1.807) is 18.5 Å². The lowest BCUT2D eigenvalue weighted by molar-refractivity contribution is 0.183. The Morgan fingerprint density at radius 1 is 1.38 bits per heavy atom. The number of aliphatic hydroxyl groups is 1. The quantitative estimate of drug-likeness (QED) is 0.601. The summed E-state index contributed by atoms with van der Waals surface area (Å²) in [5.41, 5.74) is 0.0366. The summed E-state index contributed by atoms with van der Waals surface area (Å²) in [6.45, 7) is 6.82. The zero-order valence-corrected chi connectivity index (χ0v) is 10.8. The number of rotatable bonds is 5. The van der Waals surface area contributed by atoms with Crippen LogP contribution in [0.5, 0.6) is 0 Å². The molecule has 0 saturated heterocycles. The minimum absolute atomic E-state index is 0.0366. The number of nitrogens with zero attached hydrogens (tertiary/aromatic N) is 2. The van der Waals surface area contributed by atoms with Crippen LogP contribution in [-0.4, -0.2) is 39.0 Å². The van der Waals surface area contributed by atoms with Gasteiger partial charge in [-0.3, -0.25) is 0 Å². The van der Waals surface area contributed by atoms with E-state index in [-0.39, 0.29) is 11.6 Å². The summed E-state index contributed by atoms with van der Waals surface area (Å²) in [6.07, 6.45) is 3.03. The van der Waals surface area contributed by atoms with E-state index in [1.165, 1.54) is 11.8 Å². The van der Waals surface area contributed by atoms with Crippen molar-refractivity contribution in [2.75, 3.05) is 12.3 Å². The number of aliphatic hydroxyl groups excluding tert-OH is 1. The number of aromatic nitrogens is 2. The van der Waals surface area contributed by atoms with Crippen molar-refractivity contribution in [2.45, 2.75) is 37.6 Å². The van der Waals surface area contributed by atoms with E-state index in [4.69, 9.17) is 0 Å². The molecule has 1 aromatic rings. The van der Waals surface area contributed by atoms with Crippen molar-refractivity contribution in [1.29, 1.82) is 0 Å². The molecular weight excluding hydrogens is 222 g/mol. The summed E-state index contributed by atoms with van der Waals surface area (Å²) >= 11 is 1.47. The highest BCUT2D eigenvalue weighted by molar-refractivity contribution is 7.99. The van der Waals surface area contributed by atoms with Crippen molar-refractivity contribution in [1.82, 2.24) is 15.3 Å². The van der Waals surface area contributed by atoms with E-state index in [1.807, 2.05) is 0 Å². The molecule has 1 heterocycles. The van der Waals surface area contributed by atoms with Crippen LogP contribution < -0.4 is 5.32 Å². The number of nitrogens with one attached hydrogen (secondary N) is 1. The number of β-amino-alcohol motifs (C(OH)–C–C–N with tert-alkyl or cyclic N) is 1. The molecule has 0 radical (unpaired) electrons. The molecule has 0 saturated carbocycles. The summed E-state index contributed by atoms with van der Waals surface area (Å²) in [6, 6.07) is 1.78. The first kappa shape index (κ1) is 13.4. The average Bonchev–Trinajstić information content (AvgIpc) is 2.24. The second kappa shape index (κ2) is 6.18. The standard InChI is InChI=1S/C11H19N3OS/c1-11(2,3)14-7-9(15)8-16-10-12-5-4-6-13-10/h4-6,9,14-15H,7-8H2,1-3H3. The van der Waals surface area contributed by atoms with Gasteiger partial charge in [-0.2, -0.15) is 0 Å². The van der Waals surface area contributed by atoms with Gasteiger partial charge in [0.15, 0.2) is 5.16 Å². The van der Waals surface area contributed by atoms with Crippen molar-refractivity contribution in [3.8, 4) is 0 Å². The van der Waals surface area contributed by atoms with Crippen LogP contribution in [0.4, 0.5) is 0 Å². The first-order valence-corrected chi connectivity index (χ1v) is 6.29. The molecular formula is C11H19N3OS. The molecule has 4 nitrogen and oxygen atoms in total. The molecule has 2 N–H and O–H groups in total. The lowest BCUT2D eigenvalue weighted by atomic mass is 10.1. The van der Waals surface area contributed by atoms with Crippen LogP contribution >= 0.6 is 11.8 Å². The van der Waals surface area contributed by atoms with Crippen LogP contribution in [-0.2, 0) is 0 Å². The van der Waals surface area contributed by atoms with Crippen molar-refractivity contribution in [2.24, 2.45) is 0 Å². The van der Waals surface area contributed by atoms with E-state index in [0.717, 1.165) is 0 Å². The summed E-state index contributed by atoms with van der Waals surface area (Å²) in [5.74, 6) is 0.604. The minimum atomic E-state index is -0.381. The van der Waals surface area contributed by atoms with Crippen molar-refractivity contribution in [3.63, 3.8) is 0 Å². The van der Waals surface area contributed by atoms with Crippen molar-refractivity contribution >= 4 is 11.8 Å². The van der Waals surface area contributed by atoms with Gasteiger partial charge in [0, 0.05) is 30.2 Å². The molecule has 16 heavy (non-hydrogen) atoms. The molecule has 0 fully saturated rings. The van der Waals surface area contributed by atoms with E-state index in [2.05, 4.69) is 36.1 Å². The fourth-order valence-corrected chi connectivity index (χ4v) is 1.74. The molecule has 0 aliphatic heterocycles. The minimum Gasteiger partial charge on any atom is -0.391 e. The van der Waals surface area contributed by atoms with E-state index >= 15 is 0 Å². The fraction of sp³-hybridized carbons (Fsp3) is 0.636. The molecule has 1 unspecified atom stereocenters. The maximum atomic E-state index is 9.73. The predicted octanol–water partition coefficient (Wildman–Crippen LogP) is 1.32. The molecule has 0 aliphatic carbocycles. The smallest absolute Gasteiger partial charge is 0.187 e. The normalized spacial score (nSPS) is 13.8. The lowest BCUT2D eigenvalue weighted by Gasteiger charge is -2.22. The Morgan fingerprint density at radius 2 is 2.00 bits per heavy atom. The van der Waals surface area contributed by atoms with Crippen LogP contribution in [0.1, 0.15) is 20.8 Å². The molecule has 0 spiro atoms. The molecule has 1 atom stereocenters. The molecule has 0 amide bonds. The Kier molecular flexibility index (Phi) is 5.18. The highest BCUT2D eigenvalue weighted by Crippen LogP contribution is 2.12. The molecule has 0 aliphatic rings. The Morgan fingerprint density at radius 3 is 2.56 bits per heavy atom. The van der Waals surface area contributed by atoms with Gasteiger partial charge in [-0.15, -0.1) is 0 Å². The van der Waals surface area contributed by atoms with Gasteiger partial charge in [0.2, 0.25) is 0 Å². The van der Waals surface area contributed by atoms with Crippen LogP contribution in [0.15, 0.2) is 23.6 Å². The average molecular weight is 241 g/mol. The van der Waals surface area contributed by atoms with Crippen LogP contribution in [0, 0.1) is 0 Å². The second-order valence-corrected chi connectivity index (χ2v) is 5.61. The van der Waals surface area contributed by atoms with Gasteiger partial charge in [0.1, 0.15) is 0 Å². The molecule has 5 heteroatoms. The Hall–Kier alpha value is -0.650. The molecule has 90 valence electrons. The van der Waals surface area contributed by atoms with Crippen LogP contribution in [0.25, 0.3) is 0 Å². The first-order valence-electron chi connectivity index (χ1n) is 5.30. The van der Waals surface area contributed by atoms with Gasteiger partial charge in [-0.25, -0.2) is 9.97 Å².